The van der Waals surface area contributed by atoms with Gasteiger partial charge in [0, 0.05) is 17.9 Å². The lowest BCUT2D eigenvalue weighted by Gasteiger charge is -2.17. The van der Waals surface area contributed by atoms with E-state index in [1.54, 1.807) is 0 Å². The van der Waals surface area contributed by atoms with Crippen LogP contribution in [0.1, 0.15) is 30.9 Å². The van der Waals surface area contributed by atoms with Crippen molar-refractivity contribution < 1.29 is 9.59 Å². The minimum Gasteiger partial charge on any atom is -0.325 e. The SMILES string of the molecule is CCCC(N)C(=O)Nc1ccc(CC(=O)N2CCc3ccccc32)cc1. The molecule has 0 fully saturated rings. The molecule has 3 N–H and O–H groups in total. The molecule has 0 aromatic heterocycles. The highest BCUT2D eigenvalue weighted by molar-refractivity contribution is 5.97. The summed E-state index contributed by atoms with van der Waals surface area (Å²) < 4.78 is 0. The number of anilines is 2. The van der Waals surface area contributed by atoms with Crippen LogP contribution in [0.25, 0.3) is 0 Å². The number of hydrogen-bond donors (Lipinski definition) is 2. The second-order valence-corrected chi connectivity index (χ2v) is 6.68. The van der Waals surface area contributed by atoms with E-state index in [4.69, 9.17) is 5.73 Å². The van der Waals surface area contributed by atoms with Crippen LogP contribution in [0.4, 0.5) is 11.4 Å². The molecule has 0 bridgehead atoms. The van der Waals surface area contributed by atoms with E-state index < -0.39 is 6.04 Å². The molecule has 3 rings (SSSR count). The lowest BCUT2D eigenvalue weighted by molar-refractivity contribution is -0.118. The normalized spacial score (nSPS) is 14.0. The highest BCUT2D eigenvalue weighted by atomic mass is 16.2. The zero-order chi connectivity index (χ0) is 18.5. The van der Waals surface area contributed by atoms with Crippen molar-refractivity contribution in [3.63, 3.8) is 0 Å². The van der Waals surface area contributed by atoms with Gasteiger partial charge in [-0.25, -0.2) is 0 Å². The number of para-hydroxylation sites is 1. The molecular weight excluding hydrogens is 326 g/mol. The molecule has 1 atom stereocenters. The molecular formula is C21H25N3O2. The fourth-order valence-corrected chi connectivity index (χ4v) is 3.25. The molecule has 26 heavy (non-hydrogen) atoms. The fraction of sp³-hybridized carbons (Fsp3) is 0.333. The summed E-state index contributed by atoms with van der Waals surface area (Å²) >= 11 is 0. The highest BCUT2D eigenvalue weighted by Crippen LogP contribution is 2.28. The summed E-state index contributed by atoms with van der Waals surface area (Å²) in [6.07, 6.45) is 2.79. The third-order valence-corrected chi connectivity index (χ3v) is 4.70. The molecule has 0 spiro atoms. The lowest BCUT2D eigenvalue weighted by Crippen LogP contribution is -2.35. The molecule has 1 unspecified atom stereocenters. The minimum atomic E-state index is -0.489. The van der Waals surface area contributed by atoms with Crippen molar-refractivity contribution in [2.24, 2.45) is 5.73 Å². The fourth-order valence-electron chi connectivity index (χ4n) is 3.25. The van der Waals surface area contributed by atoms with Crippen molar-refractivity contribution >= 4 is 23.2 Å². The number of nitrogens with zero attached hydrogens (tertiary/aromatic N) is 1. The zero-order valence-corrected chi connectivity index (χ0v) is 15.1. The van der Waals surface area contributed by atoms with Crippen LogP contribution in [-0.2, 0) is 22.4 Å². The van der Waals surface area contributed by atoms with Crippen LogP contribution in [0, 0.1) is 0 Å². The van der Waals surface area contributed by atoms with Crippen molar-refractivity contribution in [2.75, 3.05) is 16.8 Å². The number of fused-ring (bicyclic) bond motifs is 1. The van der Waals surface area contributed by atoms with E-state index in [1.165, 1.54) is 5.56 Å². The van der Waals surface area contributed by atoms with Crippen LogP contribution in [0.15, 0.2) is 48.5 Å². The summed E-state index contributed by atoms with van der Waals surface area (Å²) in [5.74, 6) is -0.0824. The number of carbonyl (C=O) groups is 2. The Morgan fingerprint density at radius 2 is 1.88 bits per heavy atom. The Kier molecular flexibility index (Phi) is 5.68. The first-order valence-electron chi connectivity index (χ1n) is 9.12. The minimum absolute atomic E-state index is 0.0942. The smallest absolute Gasteiger partial charge is 0.241 e. The van der Waals surface area contributed by atoms with Crippen molar-refractivity contribution in [2.45, 2.75) is 38.6 Å². The maximum absolute atomic E-state index is 12.6. The summed E-state index contributed by atoms with van der Waals surface area (Å²) in [5, 5.41) is 2.82. The molecule has 5 heteroatoms. The van der Waals surface area contributed by atoms with Gasteiger partial charge < -0.3 is 16.0 Å². The van der Waals surface area contributed by atoms with Crippen LogP contribution in [-0.4, -0.2) is 24.4 Å². The monoisotopic (exact) mass is 351 g/mol. The van der Waals surface area contributed by atoms with E-state index in [1.807, 2.05) is 54.3 Å². The third kappa shape index (κ3) is 4.11. The average molecular weight is 351 g/mol. The predicted octanol–water partition coefficient (Wildman–Crippen LogP) is 2.88. The van der Waals surface area contributed by atoms with Gasteiger partial charge in [-0.15, -0.1) is 0 Å². The summed E-state index contributed by atoms with van der Waals surface area (Å²) in [6, 6.07) is 14.9. The Morgan fingerprint density at radius 3 is 2.62 bits per heavy atom. The van der Waals surface area contributed by atoms with Gasteiger partial charge in [-0.2, -0.15) is 0 Å². The Bertz CT molecular complexity index is 786. The standard InChI is InChI=1S/C21H25N3O2/c1-2-5-18(22)21(26)23-17-10-8-15(9-11-17)14-20(25)24-13-12-16-6-3-4-7-19(16)24/h3-4,6-11,18H,2,5,12-14,22H2,1H3,(H,23,26). The maximum Gasteiger partial charge on any atom is 0.241 e. The van der Waals surface area contributed by atoms with Gasteiger partial charge >= 0.3 is 0 Å². The van der Waals surface area contributed by atoms with Crippen LogP contribution < -0.4 is 16.0 Å². The summed E-state index contributed by atoms with van der Waals surface area (Å²) in [5.41, 5.74) is 9.69. The van der Waals surface area contributed by atoms with E-state index in [2.05, 4.69) is 11.4 Å². The molecule has 1 heterocycles. The molecule has 0 saturated carbocycles. The van der Waals surface area contributed by atoms with E-state index in [9.17, 15) is 9.59 Å². The number of nitrogens with one attached hydrogen (secondary N) is 1. The molecule has 2 amide bonds. The number of amides is 2. The largest absolute Gasteiger partial charge is 0.325 e. The van der Waals surface area contributed by atoms with Crippen LogP contribution in [0.5, 0.6) is 0 Å². The van der Waals surface area contributed by atoms with Gasteiger partial charge in [-0.1, -0.05) is 43.7 Å². The van der Waals surface area contributed by atoms with Crippen LogP contribution in [0.2, 0.25) is 0 Å². The lowest BCUT2D eigenvalue weighted by atomic mass is 10.1. The Labute approximate surface area is 154 Å². The number of carbonyl (C=O) groups excluding carboxylic acids is 2. The quantitative estimate of drug-likeness (QED) is 0.840. The van der Waals surface area contributed by atoms with E-state index in [0.29, 0.717) is 18.5 Å². The molecule has 1 aliphatic rings. The Hall–Kier alpha value is -2.66. The van der Waals surface area contributed by atoms with Gasteiger partial charge in [-0.05, 0) is 42.2 Å². The molecule has 0 aliphatic carbocycles. The topological polar surface area (TPSA) is 75.4 Å². The van der Waals surface area contributed by atoms with E-state index in [0.717, 1.165) is 30.6 Å². The average Bonchev–Trinajstić information content (AvgIpc) is 3.07. The van der Waals surface area contributed by atoms with Crippen molar-refractivity contribution in [1.29, 1.82) is 0 Å². The summed E-state index contributed by atoms with van der Waals surface area (Å²) in [7, 11) is 0. The first-order valence-corrected chi connectivity index (χ1v) is 9.12. The second kappa shape index (κ2) is 8.15. The van der Waals surface area contributed by atoms with Crippen molar-refractivity contribution in [3.05, 3.63) is 59.7 Å². The first kappa shape index (κ1) is 18.1. The van der Waals surface area contributed by atoms with Gasteiger partial charge in [0.1, 0.15) is 0 Å². The molecule has 0 saturated heterocycles. The van der Waals surface area contributed by atoms with E-state index >= 15 is 0 Å². The molecule has 5 nitrogen and oxygen atoms in total. The number of benzene rings is 2. The van der Waals surface area contributed by atoms with Crippen molar-refractivity contribution in [1.82, 2.24) is 0 Å². The summed E-state index contributed by atoms with van der Waals surface area (Å²) in [4.78, 5) is 26.5. The Morgan fingerprint density at radius 1 is 1.15 bits per heavy atom. The van der Waals surface area contributed by atoms with Crippen LogP contribution >= 0.6 is 0 Å². The zero-order valence-electron chi connectivity index (χ0n) is 15.1. The van der Waals surface area contributed by atoms with Gasteiger partial charge in [0.25, 0.3) is 0 Å². The van der Waals surface area contributed by atoms with Gasteiger partial charge in [0.05, 0.1) is 12.5 Å². The number of nitrogens with two attached hydrogens (primary N) is 1. The molecule has 2 aromatic carbocycles. The predicted molar refractivity (Wildman–Crippen MR) is 104 cm³/mol. The molecule has 2 aromatic rings. The van der Waals surface area contributed by atoms with Crippen molar-refractivity contribution in [3.8, 4) is 0 Å². The van der Waals surface area contributed by atoms with Gasteiger partial charge in [-0.3, -0.25) is 9.59 Å². The van der Waals surface area contributed by atoms with E-state index in [-0.39, 0.29) is 11.8 Å². The molecule has 1 aliphatic heterocycles. The maximum atomic E-state index is 12.6. The highest BCUT2D eigenvalue weighted by Gasteiger charge is 2.24. The molecule has 0 radical (unpaired) electrons. The third-order valence-electron chi connectivity index (χ3n) is 4.70. The first-order chi connectivity index (χ1) is 12.6. The Balaban J connectivity index is 1.59. The van der Waals surface area contributed by atoms with Crippen LogP contribution in [0.3, 0.4) is 0 Å². The second-order valence-electron chi connectivity index (χ2n) is 6.68. The summed E-state index contributed by atoms with van der Waals surface area (Å²) in [6.45, 7) is 2.74. The van der Waals surface area contributed by atoms with Gasteiger partial charge in [0.15, 0.2) is 0 Å². The number of rotatable bonds is 6. The van der Waals surface area contributed by atoms with Gasteiger partial charge in [0.2, 0.25) is 11.8 Å². The molecule has 136 valence electrons. The number of hydrogen-bond acceptors (Lipinski definition) is 3.